The molecule has 1 aliphatic rings. The summed E-state index contributed by atoms with van der Waals surface area (Å²) in [7, 11) is 0. The number of aliphatic carboxylic acids is 1. The van der Waals surface area contributed by atoms with Gasteiger partial charge in [0.25, 0.3) is 0 Å². The number of carboxylic acid groups (broad SMARTS) is 1. The van der Waals surface area contributed by atoms with Gasteiger partial charge in [-0.25, -0.2) is 8.78 Å². The largest absolute Gasteiger partial charge is 0.481 e. The van der Waals surface area contributed by atoms with Gasteiger partial charge in [-0.15, -0.1) is 0 Å². The zero-order valence-corrected chi connectivity index (χ0v) is 8.27. The van der Waals surface area contributed by atoms with Gasteiger partial charge in [-0.1, -0.05) is 0 Å². The lowest BCUT2D eigenvalue weighted by atomic mass is 9.88. The molecule has 0 aromatic rings. The van der Waals surface area contributed by atoms with Crippen molar-refractivity contribution in [3.63, 3.8) is 0 Å². The van der Waals surface area contributed by atoms with Gasteiger partial charge in [0.1, 0.15) is 0 Å². The maximum atomic E-state index is 12.6. The lowest BCUT2D eigenvalue weighted by Gasteiger charge is -2.43. The van der Waals surface area contributed by atoms with Crippen LogP contribution in [0.2, 0.25) is 0 Å². The Bertz CT molecular complexity index is 269. The Kier molecular flexibility index (Phi) is 3.74. The smallest absolute Gasteiger partial charge is 0.319 e. The highest BCUT2D eigenvalue weighted by Gasteiger charge is 2.45. The molecule has 0 aromatic carbocycles. The molecule has 4 nitrogen and oxygen atoms in total. The van der Waals surface area contributed by atoms with Gasteiger partial charge in [-0.3, -0.25) is 4.79 Å². The van der Waals surface area contributed by atoms with E-state index in [-0.39, 0.29) is 19.5 Å². The highest BCUT2D eigenvalue weighted by molar-refractivity contribution is 5.68. The first kappa shape index (κ1) is 13.2. The first-order valence-corrected chi connectivity index (χ1v) is 4.61. The molecule has 0 aromatic heterocycles. The first-order chi connectivity index (χ1) is 7.27. The van der Waals surface area contributed by atoms with E-state index < -0.39 is 30.4 Å². The molecule has 1 heterocycles. The molecule has 0 unspecified atom stereocenters. The molecule has 1 fully saturated rings. The van der Waals surface area contributed by atoms with Crippen molar-refractivity contribution in [2.45, 2.75) is 24.3 Å². The fraction of sp³-hybridized carbons (Fsp3) is 0.875. The number of alkyl halides is 4. The van der Waals surface area contributed by atoms with Crippen molar-refractivity contribution in [1.82, 2.24) is 10.6 Å². The summed E-state index contributed by atoms with van der Waals surface area (Å²) in [6.07, 6.45) is -4.13. The second-order valence-corrected chi connectivity index (χ2v) is 3.87. The van der Waals surface area contributed by atoms with Crippen LogP contribution in [0.15, 0.2) is 0 Å². The van der Waals surface area contributed by atoms with E-state index in [4.69, 9.17) is 5.11 Å². The quantitative estimate of drug-likeness (QED) is 0.588. The highest BCUT2D eigenvalue weighted by atomic mass is 19.3. The Morgan fingerprint density at radius 3 is 2.38 bits per heavy atom. The molecular formula is C8H12F4N2O2. The topological polar surface area (TPSA) is 61.4 Å². The van der Waals surface area contributed by atoms with Crippen molar-refractivity contribution < 1.29 is 27.5 Å². The number of carbonyl (C=O) groups is 1. The normalized spacial score (nSPS) is 19.6. The fourth-order valence-corrected chi connectivity index (χ4v) is 1.41. The Morgan fingerprint density at radius 1 is 1.50 bits per heavy atom. The molecule has 0 spiro atoms. The van der Waals surface area contributed by atoms with Gasteiger partial charge in [0, 0.05) is 13.1 Å². The van der Waals surface area contributed by atoms with Gasteiger partial charge >= 0.3 is 18.3 Å². The summed E-state index contributed by atoms with van der Waals surface area (Å²) >= 11 is 0. The van der Waals surface area contributed by atoms with Crippen LogP contribution in [0.25, 0.3) is 0 Å². The maximum absolute atomic E-state index is 12.6. The Morgan fingerprint density at radius 2 is 2.06 bits per heavy atom. The van der Waals surface area contributed by atoms with Gasteiger partial charge in [0.05, 0.1) is 18.5 Å². The van der Waals surface area contributed by atoms with Crippen molar-refractivity contribution in [2.75, 3.05) is 19.6 Å². The summed E-state index contributed by atoms with van der Waals surface area (Å²) in [5.41, 5.74) is -1.04. The molecule has 0 atom stereocenters. The van der Waals surface area contributed by atoms with E-state index in [9.17, 15) is 22.4 Å². The Labute approximate surface area is 89.0 Å². The van der Waals surface area contributed by atoms with Crippen LogP contribution in [0, 0.1) is 0 Å². The maximum Gasteiger partial charge on any atom is 0.319 e. The summed E-state index contributed by atoms with van der Waals surface area (Å²) in [6, 6.07) is 0. The van der Waals surface area contributed by atoms with Crippen molar-refractivity contribution in [1.29, 1.82) is 0 Å². The molecule has 0 bridgehead atoms. The van der Waals surface area contributed by atoms with Gasteiger partial charge < -0.3 is 15.7 Å². The molecule has 94 valence electrons. The second kappa shape index (κ2) is 4.54. The molecule has 1 saturated heterocycles. The third kappa shape index (κ3) is 3.05. The van der Waals surface area contributed by atoms with Crippen LogP contribution in [0.4, 0.5) is 17.6 Å². The van der Waals surface area contributed by atoms with E-state index in [2.05, 4.69) is 10.6 Å². The molecule has 1 rings (SSSR count). The third-order valence-electron chi connectivity index (χ3n) is 2.43. The van der Waals surface area contributed by atoms with Gasteiger partial charge in [0.2, 0.25) is 0 Å². The van der Waals surface area contributed by atoms with Crippen LogP contribution >= 0.6 is 0 Å². The van der Waals surface area contributed by atoms with E-state index in [0.29, 0.717) is 0 Å². The predicted molar refractivity (Wildman–Crippen MR) is 46.8 cm³/mol. The van der Waals surface area contributed by atoms with Crippen molar-refractivity contribution in [2.24, 2.45) is 0 Å². The van der Waals surface area contributed by atoms with Crippen LogP contribution < -0.4 is 10.6 Å². The highest BCUT2D eigenvalue weighted by Crippen LogP contribution is 2.24. The molecule has 1 aliphatic heterocycles. The standard InChI is InChI=1S/C8H12F4N2O2/c9-6(10)8(11,12)4-14-7(1-5(15)16)2-13-3-7/h6,13-14H,1-4H2,(H,15,16). The summed E-state index contributed by atoms with van der Waals surface area (Å²) in [4.78, 5) is 10.5. The molecule has 0 aliphatic carbocycles. The minimum absolute atomic E-state index is 0.179. The predicted octanol–water partition coefficient (Wildman–Crippen LogP) is 0.293. The van der Waals surface area contributed by atoms with Crippen molar-refractivity contribution >= 4 is 5.97 Å². The van der Waals surface area contributed by atoms with Crippen LogP contribution in [0.1, 0.15) is 6.42 Å². The molecule has 0 radical (unpaired) electrons. The third-order valence-corrected chi connectivity index (χ3v) is 2.43. The molecule has 3 N–H and O–H groups in total. The monoisotopic (exact) mass is 244 g/mol. The van der Waals surface area contributed by atoms with Gasteiger partial charge in [-0.2, -0.15) is 8.78 Å². The van der Waals surface area contributed by atoms with E-state index in [0.717, 1.165) is 0 Å². The minimum atomic E-state index is -4.14. The molecule has 16 heavy (non-hydrogen) atoms. The average molecular weight is 244 g/mol. The molecule has 8 heteroatoms. The van der Waals surface area contributed by atoms with Crippen molar-refractivity contribution in [3.8, 4) is 0 Å². The van der Waals surface area contributed by atoms with E-state index in [1.54, 1.807) is 0 Å². The average Bonchev–Trinajstić information content (AvgIpc) is 2.08. The first-order valence-electron chi connectivity index (χ1n) is 4.61. The minimum Gasteiger partial charge on any atom is -0.481 e. The lowest BCUT2D eigenvalue weighted by molar-refractivity contribution is -0.142. The van der Waals surface area contributed by atoms with E-state index >= 15 is 0 Å². The number of carboxylic acids is 1. The van der Waals surface area contributed by atoms with Crippen LogP contribution in [-0.4, -0.2) is 48.6 Å². The molecule has 0 saturated carbocycles. The Hall–Kier alpha value is -0.890. The molecular weight excluding hydrogens is 232 g/mol. The SMILES string of the molecule is O=C(O)CC1(NCC(F)(F)C(F)F)CNC1. The Balaban J connectivity index is 2.49. The zero-order valence-electron chi connectivity index (χ0n) is 8.27. The van der Waals surface area contributed by atoms with Crippen LogP contribution in [-0.2, 0) is 4.79 Å². The summed E-state index contributed by atoms with van der Waals surface area (Å²) in [5, 5.41) is 13.5. The summed E-state index contributed by atoms with van der Waals surface area (Å²) < 4.78 is 48.9. The zero-order chi connectivity index (χ0) is 12.4. The van der Waals surface area contributed by atoms with Gasteiger partial charge in [0.15, 0.2) is 0 Å². The van der Waals surface area contributed by atoms with Gasteiger partial charge in [-0.05, 0) is 0 Å². The fourth-order valence-electron chi connectivity index (χ4n) is 1.41. The van der Waals surface area contributed by atoms with Crippen molar-refractivity contribution in [3.05, 3.63) is 0 Å². The second-order valence-electron chi connectivity index (χ2n) is 3.87. The number of rotatable bonds is 6. The lowest BCUT2D eigenvalue weighted by Crippen LogP contribution is -2.70. The number of hydrogen-bond donors (Lipinski definition) is 3. The van der Waals surface area contributed by atoms with E-state index in [1.165, 1.54) is 0 Å². The summed E-state index contributed by atoms with van der Waals surface area (Å²) in [5.74, 6) is -5.30. The van der Waals surface area contributed by atoms with Crippen LogP contribution in [0.5, 0.6) is 0 Å². The van der Waals surface area contributed by atoms with Crippen LogP contribution in [0.3, 0.4) is 0 Å². The van der Waals surface area contributed by atoms with E-state index in [1.807, 2.05) is 0 Å². The number of hydrogen-bond acceptors (Lipinski definition) is 3. The number of nitrogens with one attached hydrogen (secondary N) is 2. The molecule has 0 amide bonds. The summed E-state index contributed by atoms with van der Waals surface area (Å²) in [6.45, 7) is -0.864. The number of halogens is 4.